The summed E-state index contributed by atoms with van der Waals surface area (Å²) < 4.78 is 0. The molecule has 0 fully saturated rings. The van der Waals surface area contributed by atoms with Crippen LogP contribution in [0.1, 0.15) is 15.9 Å². The number of nitrogens with two attached hydrogens (primary N) is 1. The second-order valence-electron chi connectivity index (χ2n) is 3.43. The van der Waals surface area contributed by atoms with Gasteiger partial charge in [0.05, 0.1) is 23.9 Å². The summed E-state index contributed by atoms with van der Waals surface area (Å²) in [5.74, 6) is -0.437. The first-order chi connectivity index (χ1) is 6.72. The van der Waals surface area contributed by atoms with Crippen LogP contribution in [0.25, 0.3) is 0 Å². The van der Waals surface area contributed by atoms with Gasteiger partial charge in [0.25, 0.3) is 5.91 Å². The Morgan fingerprint density at radius 2 is 2.43 bits per heavy atom. The van der Waals surface area contributed by atoms with Crippen molar-refractivity contribution in [3.05, 3.63) is 29.3 Å². The summed E-state index contributed by atoms with van der Waals surface area (Å²) in [5, 5.41) is 12.1. The Morgan fingerprint density at radius 3 is 3.07 bits per heavy atom. The van der Waals surface area contributed by atoms with Crippen LogP contribution in [0.2, 0.25) is 0 Å². The zero-order valence-corrected chi connectivity index (χ0v) is 7.66. The van der Waals surface area contributed by atoms with E-state index in [0.717, 1.165) is 17.7 Å². The smallest absolute Gasteiger partial charge is 0.250 e. The van der Waals surface area contributed by atoms with Gasteiger partial charge in [-0.25, -0.2) is 0 Å². The average Bonchev–Trinajstić information content (AvgIpc) is 2.59. The second-order valence-corrected chi connectivity index (χ2v) is 3.43. The number of anilines is 1. The number of rotatable bonds is 2. The van der Waals surface area contributed by atoms with E-state index in [1.165, 1.54) is 0 Å². The number of hydrogen-bond acceptors (Lipinski definition) is 3. The Hall–Kier alpha value is -1.55. The van der Waals surface area contributed by atoms with E-state index in [1.54, 1.807) is 12.1 Å². The van der Waals surface area contributed by atoms with Gasteiger partial charge in [0.2, 0.25) is 0 Å². The lowest BCUT2D eigenvalue weighted by atomic mass is 10.1. The molecule has 0 radical (unpaired) electrons. The third-order valence-corrected chi connectivity index (χ3v) is 2.45. The van der Waals surface area contributed by atoms with Crippen LogP contribution in [0.3, 0.4) is 0 Å². The van der Waals surface area contributed by atoms with Crippen LogP contribution in [0, 0.1) is 0 Å². The molecule has 0 saturated carbocycles. The molecule has 1 aliphatic rings. The van der Waals surface area contributed by atoms with Gasteiger partial charge in [0, 0.05) is 0 Å². The summed E-state index contributed by atoms with van der Waals surface area (Å²) in [6.45, 7) is 0.0624. The summed E-state index contributed by atoms with van der Waals surface area (Å²) in [7, 11) is 0. The van der Waals surface area contributed by atoms with E-state index in [2.05, 4.69) is 5.32 Å². The van der Waals surface area contributed by atoms with Gasteiger partial charge < -0.3 is 16.2 Å². The maximum atomic E-state index is 11.1. The maximum absolute atomic E-state index is 11.1. The van der Waals surface area contributed by atoms with Gasteiger partial charge in [-0.05, 0) is 18.1 Å². The van der Waals surface area contributed by atoms with Gasteiger partial charge in [-0.3, -0.25) is 4.79 Å². The van der Waals surface area contributed by atoms with E-state index >= 15 is 0 Å². The van der Waals surface area contributed by atoms with Gasteiger partial charge in [-0.1, -0.05) is 12.1 Å². The zero-order chi connectivity index (χ0) is 10.1. The molecule has 0 aromatic heterocycles. The van der Waals surface area contributed by atoms with Crippen LogP contribution < -0.4 is 11.1 Å². The van der Waals surface area contributed by atoms with Crippen LogP contribution in [0.15, 0.2) is 18.2 Å². The SMILES string of the molecule is NC(=O)c1cccc2c1N[C@@H](CO)C2. The average molecular weight is 192 g/mol. The van der Waals surface area contributed by atoms with Crippen LogP contribution >= 0.6 is 0 Å². The number of para-hydroxylation sites is 1. The number of benzene rings is 1. The number of amides is 1. The van der Waals surface area contributed by atoms with Crippen molar-refractivity contribution in [2.45, 2.75) is 12.5 Å². The van der Waals surface area contributed by atoms with E-state index in [9.17, 15) is 4.79 Å². The third-order valence-electron chi connectivity index (χ3n) is 2.45. The van der Waals surface area contributed by atoms with Crippen molar-refractivity contribution in [3.8, 4) is 0 Å². The summed E-state index contributed by atoms with van der Waals surface area (Å²) in [4.78, 5) is 11.1. The van der Waals surface area contributed by atoms with E-state index in [0.29, 0.717) is 5.56 Å². The molecule has 1 heterocycles. The van der Waals surface area contributed by atoms with Gasteiger partial charge in [-0.2, -0.15) is 0 Å². The first-order valence-corrected chi connectivity index (χ1v) is 4.51. The Balaban J connectivity index is 2.41. The number of aliphatic hydroxyl groups excluding tert-OH is 1. The van der Waals surface area contributed by atoms with Crippen molar-refractivity contribution in [1.29, 1.82) is 0 Å². The highest BCUT2D eigenvalue weighted by Gasteiger charge is 2.23. The Kier molecular flexibility index (Phi) is 2.13. The zero-order valence-electron chi connectivity index (χ0n) is 7.66. The molecular formula is C10H12N2O2. The van der Waals surface area contributed by atoms with E-state index < -0.39 is 5.91 Å². The molecule has 1 aromatic rings. The molecular weight excluding hydrogens is 180 g/mol. The Bertz CT molecular complexity index is 376. The lowest BCUT2D eigenvalue weighted by Gasteiger charge is -2.08. The normalized spacial score (nSPS) is 18.8. The highest BCUT2D eigenvalue weighted by molar-refractivity contribution is 5.99. The molecule has 2 rings (SSSR count). The summed E-state index contributed by atoms with van der Waals surface area (Å²) >= 11 is 0. The van der Waals surface area contributed by atoms with Crippen LogP contribution in [0.5, 0.6) is 0 Å². The van der Waals surface area contributed by atoms with Crippen molar-refractivity contribution in [1.82, 2.24) is 0 Å². The monoisotopic (exact) mass is 192 g/mol. The Morgan fingerprint density at radius 1 is 1.64 bits per heavy atom. The van der Waals surface area contributed by atoms with Gasteiger partial charge in [0.1, 0.15) is 0 Å². The number of nitrogens with one attached hydrogen (secondary N) is 1. The molecule has 1 aliphatic heterocycles. The predicted octanol–water partition coefficient (Wildman–Crippen LogP) is 0.114. The lowest BCUT2D eigenvalue weighted by Crippen LogP contribution is -2.21. The van der Waals surface area contributed by atoms with Crippen LogP contribution in [0.4, 0.5) is 5.69 Å². The van der Waals surface area contributed by atoms with E-state index in [-0.39, 0.29) is 12.6 Å². The highest BCUT2D eigenvalue weighted by atomic mass is 16.3. The molecule has 4 N–H and O–H groups in total. The number of primary amides is 1. The minimum Gasteiger partial charge on any atom is -0.394 e. The number of carbonyl (C=O) groups is 1. The van der Waals surface area contributed by atoms with Gasteiger partial charge in [-0.15, -0.1) is 0 Å². The second kappa shape index (κ2) is 3.31. The molecule has 0 spiro atoms. The predicted molar refractivity (Wildman–Crippen MR) is 53.2 cm³/mol. The standard InChI is InChI=1S/C10H12N2O2/c11-10(14)8-3-1-2-6-4-7(5-13)12-9(6)8/h1-3,7,12-13H,4-5H2,(H2,11,14)/t7-/m1/s1. The number of fused-ring (bicyclic) bond motifs is 1. The summed E-state index contributed by atoms with van der Waals surface area (Å²) in [6, 6.07) is 5.43. The number of carbonyl (C=O) groups excluding carboxylic acids is 1. The molecule has 1 atom stereocenters. The minimum atomic E-state index is -0.437. The molecule has 4 nitrogen and oxygen atoms in total. The maximum Gasteiger partial charge on any atom is 0.250 e. The fourth-order valence-corrected chi connectivity index (χ4v) is 1.78. The van der Waals surface area contributed by atoms with E-state index in [4.69, 9.17) is 10.8 Å². The lowest BCUT2D eigenvalue weighted by molar-refractivity contribution is 0.100. The van der Waals surface area contributed by atoms with Gasteiger partial charge in [0.15, 0.2) is 0 Å². The first kappa shape index (κ1) is 9.02. The quantitative estimate of drug-likeness (QED) is 0.622. The number of aliphatic hydroxyl groups is 1. The van der Waals surface area contributed by atoms with Crippen molar-refractivity contribution in [2.75, 3.05) is 11.9 Å². The largest absolute Gasteiger partial charge is 0.394 e. The minimum absolute atomic E-state index is 0.00509. The van der Waals surface area contributed by atoms with Gasteiger partial charge >= 0.3 is 0 Å². The fraction of sp³-hybridized carbons (Fsp3) is 0.300. The topological polar surface area (TPSA) is 75.4 Å². The molecule has 0 bridgehead atoms. The Labute approximate surface area is 81.7 Å². The van der Waals surface area contributed by atoms with Crippen molar-refractivity contribution in [2.24, 2.45) is 5.73 Å². The molecule has 4 heteroatoms. The van der Waals surface area contributed by atoms with Crippen molar-refractivity contribution >= 4 is 11.6 Å². The molecule has 1 aromatic carbocycles. The summed E-state index contributed by atoms with van der Waals surface area (Å²) in [6.07, 6.45) is 0.743. The van der Waals surface area contributed by atoms with E-state index in [1.807, 2.05) is 6.07 Å². The van der Waals surface area contributed by atoms with Crippen molar-refractivity contribution < 1.29 is 9.90 Å². The first-order valence-electron chi connectivity index (χ1n) is 4.51. The van der Waals surface area contributed by atoms with Crippen LogP contribution in [-0.4, -0.2) is 23.7 Å². The summed E-state index contributed by atoms with van der Waals surface area (Å²) in [5.41, 5.74) is 7.55. The fourth-order valence-electron chi connectivity index (χ4n) is 1.78. The molecule has 74 valence electrons. The molecule has 0 aliphatic carbocycles. The molecule has 1 amide bonds. The molecule has 0 saturated heterocycles. The highest BCUT2D eigenvalue weighted by Crippen LogP contribution is 2.28. The van der Waals surface area contributed by atoms with Crippen molar-refractivity contribution in [3.63, 3.8) is 0 Å². The number of hydrogen-bond donors (Lipinski definition) is 3. The molecule has 14 heavy (non-hydrogen) atoms. The third kappa shape index (κ3) is 1.33. The van der Waals surface area contributed by atoms with Crippen LogP contribution in [-0.2, 0) is 6.42 Å². The molecule has 0 unspecified atom stereocenters.